The molecule has 4 aliphatic carbocycles. The fourth-order valence-electron chi connectivity index (χ4n) is 10.1. The molecule has 1 N–H and O–H groups in total. The maximum Gasteiger partial charge on any atom is 0.244 e. The van der Waals surface area contributed by atoms with Gasteiger partial charge in [-0.2, -0.15) is 5.26 Å². The van der Waals surface area contributed by atoms with Gasteiger partial charge in [0.1, 0.15) is 12.1 Å². The molecule has 2 heterocycles. The lowest BCUT2D eigenvalue weighted by atomic mass is 9.37. The van der Waals surface area contributed by atoms with Crippen LogP contribution < -0.4 is 15.8 Å². The van der Waals surface area contributed by atoms with E-state index in [2.05, 4.69) is 80.3 Å². The predicted octanol–water partition coefficient (Wildman–Crippen LogP) is 4.88. The van der Waals surface area contributed by atoms with Gasteiger partial charge in [-0.25, -0.2) is 0 Å². The van der Waals surface area contributed by atoms with Crippen molar-refractivity contribution >= 4 is 35.7 Å². The summed E-state index contributed by atoms with van der Waals surface area (Å²) < 4.78 is 0. The summed E-state index contributed by atoms with van der Waals surface area (Å²) in [6.07, 6.45) is 16.9. The molecular weight excluding hydrogens is 687 g/mol. The monoisotopic (exact) mass is 747 g/mol. The summed E-state index contributed by atoms with van der Waals surface area (Å²) in [6.45, 7) is 21.1. The van der Waals surface area contributed by atoms with Crippen molar-refractivity contribution in [1.82, 2.24) is 20.0 Å². The molecule has 55 heavy (non-hydrogen) atoms. The molecule has 1 aromatic rings. The Morgan fingerprint density at radius 3 is 2.38 bits per heavy atom. The second kappa shape index (κ2) is 16.2. The van der Waals surface area contributed by atoms with E-state index >= 15 is 0 Å². The molecule has 6 aliphatic rings. The Balaban J connectivity index is 0.000000413. The third-order valence-electron chi connectivity index (χ3n) is 13.9. The molecule has 294 valence electrons. The molecule has 9 nitrogen and oxygen atoms in total. The van der Waals surface area contributed by atoms with Gasteiger partial charge in [0.2, 0.25) is 17.7 Å². The lowest BCUT2D eigenvalue weighted by molar-refractivity contribution is -0.186. The standard InChI is InChI=1S/C34H49N5O4.C12H12/c1-21-16-26(39(19-21)31(43)27-22(2)17-33(6)20-34(7,28(27)40)32(33,4)5)29(41)36-23(3)30(42)38-14-12-37(13-15-38)25-11-9-8-10-24(25)18-35;1-4-6-12-9-10(3)7-8-11(12)5-2/h9,11,21-23,26-27H,8,10,12-17,19-20H2,1-7H3,(H,36,41);1,5-9H,2-3H3/b;11-5-,12-6-/t21?,22?,23-,26-,27?,33?,34+;/m0./s1. The van der Waals surface area contributed by atoms with E-state index in [9.17, 15) is 24.4 Å². The summed E-state index contributed by atoms with van der Waals surface area (Å²) in [4.78, 5) is 60.7. The molecule has 2 bridgehead atoms. The van der Waals surface area contributed by atoms with E-state index in [1.165, 1.54) is 10.8 Å². The van der Waals surface area contributed by atoms with Crippen LogP contribution in [0.2, 0.25) is 0 Å². The van der Waals surface area contributed by atoms with Crippen LogP contribution in [0.3, 0.4) is 0 Å². The second-order valence-electron chi connectivity index (χ2n) is 17.8. The molecule has 7 atom stereocenters. The molecule has 0 spiro atoms. The van der Waals surface area contributed by atoms with Crippen molar-refractivity contribution in [3.63, 3.8) is 0 Å². The zero-order valence-corrected chi connectivity index (χ0v) is 34.5. The number of nitriles is 1. The van der Waals surface area contributed by atoms with Gasteiger partial charge in [0.15, 0.2) is 5.78 Å². The van der Waals surface area contributed by atoms with Crippen LogP contribution in [0, 0.1) is 64.6 Å². The normalized spacial score (nSPS) is 31.0. The average Bonchev–Trinajstić information content (AvgIpc) is 3.51. The number of nitrogens with one attached hydrogen (secondary N) is 1. The first-order valence-corrected chi connectivity index (χ1v) is 20.1. The van der Waals surface area contributed by atoms with E-state index in [0.717, 1.165) is 42.2 Å². The highest BCUT2D eigenvalue weighted by molar-refractivity contribution is 6.07. The van der Waals surface area contributed by atoms with Gasteiger partial charge in [0, 0.05) is 38.1 Å². The van der Waals surface area contributed by atoms with Crippen LogP contribution in [-0.4, -0.2) is 83.0 Å². The number of hydrogen-bond donors (Lipinski definition) is 1. The topological polar surface area (TPSA) is 114 Å². The van der Waals surface area contributed by atoms with Gasteiger partial charge < -0.3 is 20.0 Å². The van der Waals surface area contributed by atoms with E-state index in [-0.39, 0.29) is 46.2 Å². The Kier molecular flexibility index (Phi) is 12.3. The Morgan fingerprint density at radius 2 is 1.76 bits per heavy atom. The smallest absolute Gasteiger partial charge is 0.244 e. The highest BCUT2D eigenvalue weighted by Gasteiger charge is 2.71. The first-order chi connectivity index (χ1) is 25.9. The third-order valence-corrected chi connectivity index (χ3v) is 13.9. The van der Waals surface area contributed by atoms with Gasteiger partial charge in [-0.05, 0) is 98.1 Å². The molecule has 5 fully saturated rings. The van der Waals surface area contributed by atoms with Gasteiger partial charge in [-0.1, -0.05) is 83.4 Å². The summed E-state index contributed by atoms with van der Waals surface area (Å²) in [5, 5.41) is 14.7. The molecule has 0 radical (unpaired) electrons. The Hall–Kier alpha value is -4.63. The number of nitrogens with zero attached hydrogens (tertiary/aromatic N) is 4. The molecule has 0 aromatic heterocycles. The van der Waals surface area contributed by atoms with Crippen LogP contribution >= 0.6 is 0 Å². The first-order valence-electron chi connectivity index (χ1n) is 20.1. The lowest BCUT2D eigenvalue weighted by Crippen LogP contribution is -2.63. The quantitative estimate of drug-likeness (QED) is 0.340. The minimum absolute atomic E-state index is 0.00423. The van der Waals surface area contributed by atoms with Crippen LogP contribution in [0.5, 0.6) is 0 Å². The maximum absolute atomic E-state index is 14.1. The number of ketones is 1. The number of benzene rings is 1. The van der Waals surface area contributed by atoms with Crippen LogP contribution in [-0.2, 0) is 19.2 Å². The van der Waals surface area contributed by atoms with E-state index in [0.29, 0.717) is 39.1 Å². The van der Waals surface area contributed by atoms with Crippen LogP contribution in [0.25, 0.3) is 12.2 Å². The number of likely N-dealkylation sites (tertiary alicyclic amines) is 1. The molecular formula is C46H61N5O4. The largest absolute Gasteiger partial charge is 0.367 e. The molecule has 3 amide bonds. The molecule has 1 aromatic carbocycles. The van der Waals surface area contributed by atoms with Gasteiger partial charge >= 0.3 is 0 Å². The predicted molar refractivity (Wildman–Crippen MR) is 217 cm³/mol. The summed E-state index contributed by atoms with van der Waals surface area (Å²) in [5.41, 5.74) is 2.23. The summed E-state index contributed by atoms with van der Waals surface area (Å²) in [7, 11) is 0. The Morgan fingerprint density at radius 1 is 1.07 bits per heavy atom. The van der Waals surface area contributed by atoms with Crippen molar-refractivity contribution in [1.29, 1.82) is 5.26 Å². The summed E-state index contributed by atoms with van der Waals surface area (Å²) >= 11 is 0. The van der Waals surface area contributed by atoms with E-state index in [1.807, 2.05) is 33.8 Å². The number of rotatable bonds is 5. The van der Waals surface area contributed by atoms with Crippen LogP contribution in [0.1, 0.15) is 93.1 Å². The first kappa shape index (κ1) is 41.5. The number of Topliss-reactive ketones (excluding diaryl/α,β-unsaturated/α-hetero) is 1. The van der Waals surface area contributed by atoms with Crippen molar-refractivity contribution in [2.75, 3.05) is 32.7 Å². The fourth-order valence-corrected chi connectivity index (χ4v) is 10.1. The second-order valence-corrected chi connectivity index (χ2v) is 17.8. The number of aryl methyl sites for hydroxylation is 1. The number of piperazine rings is 1. The van der Waals surface area contributed by atoms with Crippen LogP contribution in [0.4, 0.5) is 0 Å². The third kappa shape index (κ3) is 7.77. The summed E-state index contributed by atoms with van der Waals surface area (Å²) in [5.74, 6) is 1.12. The minimum atomic E-state index is -0.750. The lowest BCUT2D eigenvalue weighted by Gasteiger charge is -2.65. The number of terminal acetylenes is 1. The molecule has 4 unspecified atom stereocenters. The van der Waals surface area contributed by atoms with E-state index in [4.69, 9.17) is 6.42 Å². The molecule has 7 rings (SSSR count). The SMILES string of the molecule is C#C/C=c1/cc(C)cc/c1=C/C.CC1C[C@@H](C(=O)N[C@@H](C)C(=O)N2CCN(C3=C(C#N)CCC=C3)CC2)N(C(=O)C2C(=O)[C@@]3(C)CC(C)(CC2C)C3(C)C)C1. The van der Waals surface area contributed by atoms with Gasteiger partial charge in [-0.15, -0.1) is 6.42 Å². The van der Waals surface area contributed by atoms with E-state index in [1.54, 1.807) is 22.8 Å². The maximum atomic E-state index is 14.1. The van der Waals surface area contributed by atoms with Crippen molar-refractivity contribution in [2.24, 2.45) is 34.0 Å². The highest BCUT2D eigenvalue weighted by Crippen LogP contribution is 2.73. The number of fused-ring (bicyclic) bond motifs is 3. The molecule has 9 heteroatoms. The number of carbonyl (C=O) groups is 4. The van der Waals surface area contributed by atoms with Crippen molar-refractivity contribution in [3.05, 3.63) is 57.6 Å². The minimum Gasteiger partial charge on any atom is -0.367 e. The van der Waals surface area contributed by atoms with E-state index < -0.39 is 23.4 Å². The fraction of sp³-hybridized carbons (Fsp3) is 0.587. The zero-order valence-electron chi connectivity index (χ0n) is 34.5. The molecule has 2 saturated heterocycles. The van der Waals surface area contributed by atoms with Crippen molar-refractivity contribution in [3.8, 4) is 18.4 Å². The number of hydrogen-bond acceptors (Lipinski definition) is 6. The highest BCUT2D eigenvalue weighted by atomic mass is 16.2. The van der Waals surface area contributed by atoms with Gasteiger partial charge in [0.05, 0.1) is 23.3 Å². The van der Waals surface area contributed by atoms with Crippen molar-refractivity contribution < 1.29 is 19.2 Å². The number of amides is 3. The zero-order chi connectivity index (χ0) is 40.5. The van der Waals surface area contributed by atoms with Gasteiger partial charge in [-0.3, -0.25) is 19.2 Å². The summed E-state index contributed by atoms with van der Waals surface area (Å²) in [6, 6.07) is 7.15. The molecule has 3 saturated carbocycles. The Bertz CT molecular complexity index is 1970. The van der Waals surface area contributed by atoms with Gasteiger partial charge in [0.25, 0.3) is 0 Å². The number of allylic oxidation sites excluding steroid dienone is 3. The number of carbonyl (C=O) groups excluding carboxylic acids is 4. The average molecular weight is 748 g/mol. The molecule has 2 aliphatic heterocycles. The van der Waals surface area contributed by atoms with Crippen LogP contribution in [0.15, 0.2) is 41.6 Å². The van der Waals surface area contributed by atoms with Crippen molar-refractivity contribution in [2.45, 2.75) is 107 Å². The Labute approximate surface area is 328 Å².